The predicted octanol–water partition coefficient (Wildman–Crippen LogP) is 3.01. The zero-order valence-corrected chi connectivity index (χ0v) is 16.0. The van der Waals surface area contributed by atoms with Crippen LogP contribution in [0.5, 0.6) is 0 Å². The lowest BCUT2D eigenvalue weighted by molar-refractivity contribution is -0.370. The molecule has 0 bridgehead atoms. The molecule has 0 radical (unpaired) electrons. The van der Waals surface area contributed by atoms with Gasteiger partial charge in [-0.25, -0.2) is 9.97 Å². The van der Waals surface area contributed by atoms with Crippen LogP contribution in [0.4, 0.5) is 5.82 Å². The summed E-state index contributed by atoms with van der Waals surface area (Å²) in [6.07, 6.45) is 0. The quantitative estimate of drug-likeness (QED) is 0.111. The van der Waals surface area contributed by atoms with E-state index < -0.39 is 19.3 Å². The smallest absolute Gasteiger partial charge is 0.400 e. The minimum Gasteiger partial charge on any atom is -0.405 e. The molecule has 0 aliphatic heterocycles. The maximum atomic E-state index is 10.6. The van der Waals surface area contributed by atoms with E-state index in [4.69, 9.17) is 27.1 Å². The standard InChI is InChI=1S/C14H13N13O5/c15-13-11-12(8-3-1-2-4-9(8)19-13)27(10(20-11)5-29-7-30-24-21-16)6-14(28,31-25-22-17)32-26-23-18/h1-4,28H,5-7H2,(H2,15,19). The summed E-state index contributed by atoms with van der Waals surface area (Å²) in [5.74, 6) is -2.47. The molecule has 0 saturated heterocycles. The first kappa shape index (κ1) is 21.8. The van der Waals surface area contributed by atoms with Crippen molar-refractivity contribution in [1.82, 2.24) is 14.5 Å². The lowest BCUT2D eigenvalue weighted by atomic mass is 10.2. The number of fused-ring (bicyclic) bond motifs is 3. The van der Waals surface area contributed by atoms with Crippen LogP contribution in [0.3, 0.4) is 0 Å². The van der Waals surface area contributed by atoms with E-state index in [1.807, 2.05) is 0 Å². The van der Waals surface area contributed by atoms with E-state index >= 15 is 0 Å². The zero-order chi connectivity index (χ0) is 23.0. The predicted molar refractivity (Wildman–Crippen MR) is 105 cm³/mol. The molecule has 2 aromatic heterocycles. The van der Waals surface area contributed by atoms with Crippen molar-refractivity contribution >= 4 is 27.8 Å². The summed E-state index contributed by atoms with van der Waals surface area (Å²) in [7, 11) is 0. The summed E-state index contributed by atoms with van der Waals surface area (Å²) >= 11 is 0. The Morgan fingerprint density at radius 2 is 1.75 bits per heavy atom. The van der Waals surface area contributed by atoms with Gasteiger partial charge in [0, 0.05) is 20.1 Å². The molecule has 0 aliphatic carbocycles. The third-order valence-electron chi connectivity index (χ3n) is 3.95. The van der Waals surface area contributed by atoms with E-state index in [1.165, 1.54) is 4.57 Å². The SMILES string of the molecule is [N-]=[N+]=NOCOCc1nc2c(N)nc3ccccc3c2n1CC(O)(ON=[N+]=[N-])ON=[N+]=[N-]. The summed E-state index contributed by atoms with van der Waals surface area (Å²) < 4.78 is 6.64. The Bertz CT molecular complexity index is 1250. The average molecular weight is 443 g/mol. The Kier molecular flexibility index (Phi) is 6.67. The topological polar surface area (TPSA) is 260 Å². The molecule has 0 unspecified atom stereocenters. The molecule has 3 rings (SSSR count). The number of aromatic nitrogens is 3. The highest BCUT2D eigenvalue weighted by molar-refractivity contribution is 6.06. The normalized spacial score (nSPS) is 12.2. The first-order valence-electron chi connectivity index (χ1n) is 8.48. The van der Waals surface area contributed by atoms with E-state index in [1.54, 1.807) is 24.3 Å². The number of ether oxygens (including phenoxy) is 1. The van der Waals surface area contributed by atoms with Gasteiger partial charge in [-0.2, -0.15) is 0 Å². The largest absolute Gasteiger partial charge is 0.405 e. The summed E-state index contributed by atoms with van der Waals surface area (Å²) in [6.45, 7) is -1.23. The molecule has 0 aliphatic rings. The average Bonchev–Trinajstić information content (AvgIpc) is 3.15. The Hall–Kier alpha value is -4.85. The Morgan fingerprint density at radius 3 is 2.44 bits per heavy atom. The van der Waals surface area contributed by atoms with E-state index in [0.29, 0.717) is 16.4 Å². The molecule has 18 heteroatoms. The summed E-state index contributed by atoms with van der Waals surface area (Å²) in [6, 6.07) is 6.95. The highest BCUT2D eigenvalue weighted by Gasteiger charge is 2.35. The molecule has 0 fully saturated rings. The minimum absolute atomic E-state index is 0.0829. The van der Waals surface area contributed by atoms with Crippen LogP contribution in [0.2, 0.25) is 0 Å². The van der Waals surface area contributed by atoms with Gasteiger partial charge in [0.05, 0.1) is 11.0 Å². The van der Waals surface area contributed by atoms with Crippen molar-refractivity contribution in [1.29, 1.82) is 0 Å². The molecule has 0 saturated carbocycles. The molecule has 164 valence electrons. The number of rotatable bonds is 11. The number of benzene rings is 1. The number of hydrogen-bond donors (Lipinski definition) is 2. The van der Waals surface area contributed by atoms with Crippen molar-refractivity contribution in [2.75, 3.05) is 12.5 Å². The van der Waals surface area contributed by atoms with Crippen LogP contribution < -0.4 is 5.73 Å². The van der Waals surface area contributed by atoms with Gasteiger partial charge in [0.15, 0.2) is 12.6 Å². The van der Waals surface area contributed by atoms with Crippen LogP contribution >= 0.6 is 0 Å². The van der Waals surface area contributed by atoms with Crippen molar-refractivity contribution < 1.29 is 24.4 Å². The monoisotopic (exact) mass is 443 g/mol. The third kappa shape index (κ3) is 4.65. The molecule has 32 heavy (non-hydrogen) atoms. The molecule has 2 heterocycles. The van der Waals surface area contributed by atoms with Crippen LogP contribution in [0.1, 0.15) is 5.82 Å². The number of aliphatic hydroxyl groups is 1. The molecule has 0 spiro atoms. The highest BCUT2D eigenvalue weighted by Crippen LogP contribution is 2.30. The molecular weight excluding hydrogens is 430 g/mol. The van der Waals surface area contributed by atoms with Crippen molar-refractivity contribution in [3.05, 3.63) is 61.4 Å². The van der Waals surface area contributed by atoms with Crippen LogP contribution in [-0.2, 0) is 32.4 Å². The van der Waals surface area contributed by atoms with E-state index in [-0.39, 0.29) is 23.8 Å². The molecule has 3 aromatic rings. The molecular formula is C14H13N13O5. The number of para-hydroxylation sites is 1. The van der Waals surface area contributed by atoms with Gasteiger partial charge < -0.3 is 34.7 Å². The third-order valence-corrected chi connectivity index (χ3v) is 3.95. The lowest BCUT2D eigenvalue weighted by Gasteiger charge is -2.24. The van der Waals surface area contributed by atoms with E-state index in [9.17, 15) is 5.11 Å². The fourth-order valence-corrected chi connectivity index (χ4v) is 2.84. The van der Waals surface area contributed by atoms with Crippen LogP contribution in [-0.4, -0.2) is 32.4 Å². The van der Waals surface area contributed by atoms with Gasteiger partial charge in [-0.05, 0) is 22.7 Å². The molecule has 0 amide bonds. The highest BCUT2D eigenvalue weighted by atomic mass is 16.9. The zero-order valence-electron chi connectivity index (χ0n) is 16.0. The van der Waals surface area contributed by atoms with E-state index in [0.717, 1.165) is 0 Å². The second kappa shape index (κ2) is 9.77. The Balaban J connectivity index is 2.14. The fourth-order valence-electron chi connectivity index (χ4n) is 2.84. The molecule has 18 nitrogen and oxygen atoms in total. The van der Waals surface area contributed by atoms with Gasteiger partial charge in [0.1, 0.15) is 40.3 Å². The number of hydrogen-bond acceptors (Lipinski definition) is 11. The van der Waals surface area contributed by atoms with Gasteiger partial charge in [-0.1, -0.05) is 18.2 Å². The van der Waals surface area contributed by atoms with Gasteiger partial charge in [-0.15, -0.1) is 0 Å². The Labute approximate surface area is 176 Å². The number of anilines is 1. The van der Waals surface area contributed by atoms with Gasteiger partial charge in [0.25, 0.3) is 0 Å². The van der Waals surface area contributed by atoms with Gasteiger partial charge >= 0.3 is 5.97 Å². The van der Waals surface area contributed by atoms with Crippen molar-refractivity contribution in [2.45, 2.75) is 19.1 Å². The number of nitrogens with two attached hydrogens (primary N) is 1. The number of pyridine rings is 1. The second-order valence-corrected chi connectivity index (χ2v) is 5.83. The van der Waals surface area contributed by atoms with Crippen molar-refractivity contribution in [3.8, 4) is 0 Å². The number of nitrogen functional groups attached to an aromatic ring is 1. The van der Waals surface area contributed by atoms with Crippen LogP contribution in [0, 0.1) is 0 Å². The maximum absolute atomic E-state index is 10.6. The van der Waals surface area contributed by atoms with Crippen molar-refractivity contribution in [3.63, 3.8) is 0 Å². The Morgan fingerprint density at radius 1 is 1.06 bits per heavy atom. The first-order valence-corrected chi connectivity index (χ1v) is 8.48. The van der Waals surface area contributed by atoms with E-state index in [2.05, 4.69) is 55.0 Å². The summed E-state index contributed by atoms with van der Waals surface area (Å²) in [4.78, 5) is 29.6. The van der Waals surface area contributed by atoms with Gasteiger partial charge in [0.2, 0.25) is 0 Å². The summed E-state index contributed by atoms with van der Waals surface area (Å²) in [5, 5.41) is 19.7. The van der Waals surface area contributed by atoms with Crippen LogP contribution in [0.15, 0.2) is 40.1 Å². The number of imidazole rings is 1. The number of azide groups is 3. The maximum Gasteiger partial charge on any atom is 0.400 e. The molecule has 3 N–H and O–H groups in total. The lowest BCUT2D eigenvalue weighted by Crippen LogP contribution is -2.38. The second-order valence-electron chi connectivity index (χ2n) is 5.83. The summed E-state index contributed by atoms with van der Waals surface area (Å²) in [5.41, 5.74) is 32.5. The number of nitrogens with zero attached hydrogens (tertiary/aromatic N) is 12. The van der Waals surface area contributed by atoms with Gasteiger partial charge in [-0.3, -0.25) is 0 Å². The fraction of sp³-hybridized carbons (Fsp3) is 0.286. The van der Waals surface area contributed by atoms with Crippen molar-refractivity contribution in [2.24, 2.45) is 15.8 Å². The van der Waals surface area contributed by atoms with Crippen LogP contribution in [0.25, 0.3) is 53.3 Å². The molecule has 1 aromatic carbocycles. The molecule has 0 atom stereocenters. The first-order chi connectivity index (χ1) is 15.5. The minimum atomic E-state index is -2.72.